The summed E-state index contributed by atoms with van der Waals surface area (Å²) in [6.07, 6.45) is 1.90. The molecule has 0 aliphatic heterocycles. The maximum Gasteiger partial charge on any atom is 0.165 e. The van der Waals surface area contributed by atoms with E-state index in [0.717, 1.165) is 18.4 Å². The van der Waals surface area contributed by atoms with Gasteiger partial charge < -0.3 is 0 Å². The van der Waals surface area contributed by atoms with Gasteiger partial charge in [0.05, 0.1) is 0 Å². The van der Waals surface area contributed by atoms with Gasteiger partial charge in [0.2, 0.25) is 0 Å². The zero-order valence-electron chi connectivity index (χ0n) is 9.21. The number of benzene rings is 1. The Balaban J connectivity index is 2.90. The minimum absolute atomic E-state index is 0.141. The lowest BCUT2D eigenvalue weighted by atomic mass is 9.96. The van der Waals surface area contributed by atoms with E-state index in [-0.39, 0.29) is 11.7 Å². The molecule has 0 saturated heterocycles. The van der Waals surface area contributed by atoms with E-state index in [1.165, 1.54) is 5.56 Å². The average molecular weight is 190 g/mol. The Labute approximate surface area is 86.1 Å². The van der Waals surface area contributed by atoms with Gasteiger partial charge >= 0.3 is 0 Å². The molecule has 0 bridgehead atoms. The number of aryl methyl sites for hydroxylation is 1. The highest BCUT2D eigenvalue weighted by Crippen LogP contribution is 2.13. The van der Waals surface area contributed by atoms with Crippen LogP contribution in [-0.2, 0) is 6.42 Å². The van der Waals surface area contributed by atoms with Gasteiger partial charge in [0.25, 0.3) is 0 Å². The van der Waals surface area contributed by atoms with Crippen LogP contribution in [0.1, 0.15) is 43.1 Å². The predicted molar refractivity (Wildman–Crippen MR) is 59.6 cm³/mol. The maximum atomic E-state index is 11.8. The Hall–Kier alpha value is -1.11. The second-order valence-corrected chi connectivity index (χ2v) is 3.73. The molecule has 1 atom stereocenters. The molecule has 1 heteroatoms. The molecule has 1 unspecified atom stereocenters. The summed E-state index contributed by atoms with van der Waals surface area (Å²) in [4.78, 5) is 11.8. The standard InChI is InChI=1S/C13H18O/c1-4-10(3)13(14)12-8-6-7-11(5-2)9-12/h6-10H,4-5H2,1-3H3. The molecule has 0 N–H and O–H groups in total. The first kappa shape index (κ1) is 11.0. The van der Waals surface area contributed by atoms with Crippen LogP contribution in [0.4, 0.5) is 0 Å². The van der Waals surface area contributed by atoms with Crippen LogP contribution < -0.4 is 0 Å². The summed E-state index contributed by atoms with van der Waals surface area (Å²) < 4.78 is 0. The molecule has 0 spiro atoms. The van der Waals surface area contributed by atoms with E-state index in [4.69, 9.17) is 0 Å². The van der Waals surface area contributed by atoms with E-state index in [9.17, 15) is 4.79 Å². The van der Waals surface area contributed by atoms with Crippen molar-refractivity contribution in [1.29, 1.82) is 0 Å². The fraction of sp³-hybridized carbons (Fsp3) is 0.462. The molecule has 14 heavy (non-hydrogen) atoms. The number of carbonyl (C=O) groups excluding carboxylic acids is 1. The summed E-state index contributed by atoms with van der Waals surface area (Å²) in [5.41, 5.74) is 2.10. The first-order valence-corrected chi connectivity index (χ1v) is 5.32. The van der Waals surface area contributed by atoms with E-state index >= 15 is 0 Å². The second-order valence-electron chi connectivity index (χ2n) is 3.73. The quantitative estimate of drug-likeness (QED) is 0.664. The van der Waals surface area contributed by atoms with Gasteiger partial charge in [-0.05, 0) is 24.5 Å². The Bertz CT molecular complexity index is 315. The highest BCUT2D eigenvalue weighted by molar-refractivity contribution is 5.97. The van der Waals surface area contributed by atoms with Gasteiger partial charge in [0.1, 0.15) is 0 Å². The van der Waals surface area contributed by atoms with Crippen LogP contribution >= 0.6 is 0 Å². The monoisotopic (exact) mass is 190 g/mol. The van der Waals surface area contributed by atoms with Crippen molar-refractivity contribution in [2.45, 2.75) is 33.6 Å². The number of hydrogen-bond acceptors (Lipinski definition) is 1. The van der Waals surface area contributed by atoms with Crippen LogP contribution in [0.3, 0.4) is 0 Å². The summed E-state index contributed by atoms with van der Waals surface area (Å²) in [6.45, 7) is 6.14. The molecule has 0 amide bonds. The molecule has 0 aromatic heterocycles. The SMILES string of the molecule is CCc1cccc(C(=O)C(C)CC)c1. The Morgan fingerprint density at radius 3 is 2.64 bits per heavy atom. The van der Waals surface area contributed by atoms with Crippen molar-refractivity contribution in [3.05, 3.63) is 35.4 Å². The van der Waals surface area contributed by atoms with Crippen LogP contribution in [0, 0.1) is 5.92 Å². The molecule has 0 fully saturated rings. The van der Waals surface area contributed by atoms with Crippen molar-refractivity contribution < 1.29 is 4.79 Å². The molecule has 0 radical (unpaired) electrons. The van der Waals surface area contributed by atoms with Gasteiger partial charge in [0.15, 0.2) is 5.78 Å². The zero-order valence-corrected chi connectivity index (χ0v) is 9.21. The number of ketones is 1. The molecular weight excluding hydrogens is 172 g/mol. The molecule has 1 nitrogen and oxygen atoms in total. The fourth-order valence-corrected chi connectivity index (χ4v) is 1.41. The van der Waals surface area contributed by atoms with E-state index in [1.807, 2.05) is 32.0 Å². The van der Waals surface area contributed by atoms with Crippen LogP contribution in [0.2, 0.25) is 0 Å². The average Bonchev–Trinajstić information content (AvgIpc) is 2.27. The van der Waals surface area contributed by atoms with E-state index in [1.54, 1.807) is 0 Å². The third kappa shape index (κ3) is 2.44. The second kappa shape index (κ2) is 4.94. The van der Waals surface area contributed by atoms with Crippen molar-refractivity contribution in [2.75, 3.05) is 0 Å². The lowest BCUT2D eigenvalue weighted by Crippen LogP contribution is -2.10. The molecule has 0 aliphatic carbocycles. The number of hydrogen-bond donors (Lipinski definition) is 0. The van der Waals surface area contributed by atoms with Gasteiger partial charge in [-0.3, -0.25) is 4.79 Å². The molecule has 1 aromatic rings. The Morgan fingerprint density at radius 2 is 2.07 bits per heavy atom. The zero-order chi connectivity index (χ0) is 10.6. The Morgan fingerprint density at radius 1 is 1.36 bits per heavy atom. The van der Waals surface area contributed by atoms with E-state index < -0.39 is 0 Å². The minimum atomic E-state index is 0.141. The summed E-state index contributed by atoms with van der Waals surface area (Å²) in [7, 11) is 0. The summed E-state index contributed by atoms with van der Waals surface area (Å²) in [6, 6.07) is 7.95. The lowest BCUT2D eigenvalue weighted by Gasteiger charge is -2.08. The highest BCUT2D eigenvalue weighted by atomic mass is 16.1. The molecular formula is C13H18O. The predicted octanol–water partition coefficient (Wildman–Crippen LogP) is 3.48. The topological polar surface area (TPSA) is 17.1 Å². The van der Waals surface area contributed by atoms with Crippen molar-refractivity contribution in [3.63, 3.8) is 0 Å². The smallest absolute Gasteiger partial charge is 0.165 e. The van der Waals surface area contributed by atoms with Crippen LogP contribution in [0.5, 0.6) is 0 Å². The maximum absolute atomic E-state index is 11.8. The van der Waals surface area contributed by atoms with Crippen LogP contribution in [0.15, 0.2) is 24.3 Å². The number of carbonyl (C=O) groups is 1. The lowest BCUT2D eigenvalue weighted by molar-refractivity contribution is 0.0927. The van der Waals surface area contributed by atoms with Crippen LogP contribution in [-0.4, -0.2) is 5.78 Å². The largest absolute Gasteiger partial charge is 0.294 e. The molecule has 0 aliphatic rings. The van der Waals surface area contributed by atoms with Gasteiger partial charge in [-0.25, -0.2) is 0 Å². The molecule has 1 rings (SSSR count). The van der Waals surface area contributed by atoms with Crippen molar-refractivity contribution in [2.24, 2.45) is 5.92 Å². The van der Waals surface area contributed by atoms with Gasteiger partial charge in [-0.2, -0.15) is 0 Å². The molecule has 76 valence electrons. The van der Waals surface area contributed by atoms with E-state index in [2.05, 4.69) is 13.0 Å². The minimum Gasteiger partial charge on any atom is -0.294 e. The van der Waals surface area contributed by atoms with Crippen molar-refractivity contribution in [3.8, 4) is 0 Å². The van der Waals surface area contributed by atoms with Gasteiger partial charge in [0, 0.05) is 11.5 Å². The van der Waals surface area contributed by atoms with Crippen molar-refractivity contribution in [1.82, 2.24) is 0 Å². The Kier molecular flexibility index (Phi) is 3.87. The molecule has 0 saturated carbocycles. The van der Waals surface area contributed by atoms with Gasteiger partial charge in [-0.15, -0.1) is 0 Å². The number of rotatable bonds is 4. The summed E-state index contributed by atoms with van der Waals surface area (Å²) in [5, 5.41) is 0. The highest BCUT2D eigenvalue weighted by Gasteiger charge is 2.12. The summed E-state index contributed by atoms with van der Waals surface area (Å²) in [5.74, 6) is 0.407. The third-order valence-corrected chi connectivity index (χ3v) is 2.68. The van der Waals surface area contributed by atoms with E-state index in [0.29, 0.717) is 0 Å². The van der Waals surface area contributed by atoms with Crippen LogP contribution in [0.25, 0.3) is 0 Å². The first-order valence-electron chi connectivity index (χ1n) is 5.32. The normalized spacial score (nSPS) is 12.5. The van der Waals surface area contributed by atoms with Gasteiger partial charge in [-0.1, -0.05) is 39.0 Å². The van der Waals surface area contributed by atoms with Crippen molar-refractivity contribution >= 4 is 5.78 Å². The third-order valence-electron chi connectivity index (χ3n) is 2.68. The molecule has 1 aromatic carbocycles. The fourth-order valence-electron chi connectivity index (χ4n) is 1.41. The molecule has 0 heterocycles. The summed E-state index contributed by atoms with van der Waals surface area (Å²) >= 11 is 0. The first-order chi connectivity index (χ1) is 6.69. The number of Topliss-reactive ketones (excluding diaryl/α,β-unsaturated/α-hetero) is 1.